The Morgan fingerprint density at radius 1 is 1.07 bits per heavy atom. The van der Waals surface area contributed by atoms with Crippen LogP contribution in [-0.4, -0.2) is 33.3 Å². The van der Waals surface area contributed by atoms with E-state index in [2.05, 4.69) is 5.32 Å². The van der Waals surface area contributed by atoms with Crippen molar-refractivity contribution >= 4 is 44.6 Å². The summed E-state index contributed by atoms with van der Waals surface area (Å²) >= 11 is 7.78. The number of fused-ring (bicyclic) bond motifs is 2. The van der Waals surface area contributed by atoms with E-state index in [1.54, 1.807) is 25.3 Å². The lowest BCUT2D eigenvalue weighted by molar-refractivity contribution is 0.103. The molecule has 6 nitrogen and oxygen atoms in total. The molecule has 0 spiro atoms. The van der Waals surface area contributed by atoms with E-state index >= 15 is 0 Å². The Hall–Kier alpha value is -2.64. The molecular formula is C19H16ClNO5S. The zero-order valence-electron chi connectivity index (χ0n) is 14.6. The lowest BCUT2D eigenvalue weighted by Gasteiger charge is -2.18. The quantitative estimate of drug-likeness (QED) is 0.687. The SMILES string of the molecule is COc1ccc(NC(=O)c2sc3cc4c(cc3c2Cl)OCCO4)cc1OC. The molecule has 27 heavy (non-hydrogen) atoms. The summed E-state index contributed by atoms with van der Waals surface area (Å²) in [7, 11) is 3.10. The van der Waals surface area contributed by atoms with Crippen LogP contribution in [0.25, 0.3) is 10.1 Å². The van der Waals surface area contributed by atoms with Crippen LogP contribution < -0.4 is 24.3 Å². The number of carbonyl (C=O) groups is 1. The van der Waals surface area contributed by atoms with Gasteiger partial charge < -0.3 is 24.3 Å². The van der Waals surface area contributed by atoms with Crippen molar-refractivity contribution in [3.05, 3.63) is 40.2 Å². The molecule has 1 N–H and O–H groups in total. The number of hydrogen-bond donors (Lipinski definition) is 1. The van der Waals surface area contributed by atoms with Crippen LogP contribution in [0, 0.1) is 0 Å². The molecule has 2 heterocycles. The zero-order chi connectivity index (χ0) is 19.0. The van der Waals surface area contributed by atoms with Gasteiger partial charge in [0, 0.05) is 27.9 Å². The third-order valence-electron chi connectivity index (χ3n) is 4.14. The molecule has 3 aromatic rings. The Kier molecular flexibility index (Phi) is 4.72. The first kappa shape index (κ1) is 17.8. The maximum atomic E-state index is 12.8. The second-order valence-corrected chi connectivity index (χ2v) is 7.19. The van der Waals surface area contributed by atoms with Crippen LogP contribution in [0.1, 0.15) is 9.67 Å². The van der Waals surface area contributed by atoms with E-state index in [1.807, 2.05) is 12.1 Å². The number of anilines is 1. The predicted octanol–water partition coefficient (Wildman–Crippen LogP) is 4.60. The fraction of sp³-hybridized carbons (Fsp3) is 0.211. The highest BCUT2D eigenvalue weighted by Gasteiger charge is 2.21. The number of benzene rings is 2. The number of rotatable bonds is 4. The minimum absolute atomic E-state index is 0.298. The van der Waals surface area contributed by atoms with Crippen molar-refractivity contribution in [3.63, 3.8) is 0 Å². The van der Waals surface area contributed by atoms with Gasteiger partial charge in [-0.2, -0.15) is 0 Å². The summed E-state index contributed by atoms with van der Waals surface area (Å²) in [5.41, 5.74) is 0.581. The summed E-state index contributed by atoms with van der Waals surface area (Å²) in [6.45, 7) is 0.997. The molecule has 2 aromatic carbocycles. The van der Waals surface area contributed by atoms with Crippen molar-refractivity contribution in [3.8, 4) is 23.0 Å². The Labute approximate surface area is 164 Å². The molecule has 1 aromatic heterocycles. The normalized spacial score (nSPS) is 12.7. The molecule has 4 rings (SSSR count). The molecule has 0 bridgehead atoms. The van der Waals surface area contributed by atoms with Crippen molar-refractivity contribution in [2.24, 2.45) is 0 Å². The van der Waals surface area contributed by atoms with Crippen LogP contribution in [0.2, 0.25) is 5.02 Å². The third-order valence-corrected chi connectivity index (χ3v) is 5.80. The van der Waals surface area contributed by atoms with Crippen LogP contribution >= 0.6 is 22.9 Å². The van der Waals surface area contributed by atoms with Crippen molar-refractivity contribution in [2.45, 2.75) is 0 Å². The number of ether oxygens (including phenoxy) is 4. The monoisotopic (exact) mass is 405 g/mol. The largest absolute Gasteiger partial charge is 0.493 e. The topological polar surface area (TPSA) is 66.0 Å². The second-order valence-electron chi connectivity index (χ2n) is 5.76. The standard InChI is InChI=1S/C19H16ClNO5S/c1-23-12-4-3-10(7-13(12)24-2)21-19(22)18-17(20)11-8-14-15(9-16(11)27-18)26-6-5-25-14/h3-4,7-9H,5-6H2,1-2H3,(H,21,22). The third kappa shape index (κ3) is 3.24. The molecule has 0 aliphatic carbocycles. The summed E-state index contributed by atoms with van der Waals surface area (Å²) in [6, 6.07) is 8.83. The zero-order valence-corrected chi connectivity index (χ0v) is 16.2. The Morgan fingerprint density at radius 2 is 1.78 bits per heavy atom. The highest BCUT2D eigenvalue weighted by molar-refractivity contribution is 7.21. The van der Waals surface area contributed by atoms with Gasteiger partial charge in [-0.1, -0.05) is 11.6 Å². The molecule has 0 saturated heterocycles. The molecule has 0 unspecified atom stereocenters. The summed E-state index contributed by atoms with van der Waals surface area (Å²) < 4.78 is 22.5. The van der Waals surface area contributed by atoms with Gasteiger partial charge in [-0.15, -0.1) is 11.3 Å². The Balaban J connectivity index is 1.65. The maximum absolute atomic E-state index is 12.8. The number of nitrogens with one attached hydrogen (secondary N) is 1. The van der Waals surface area contributed by atoms with E-state index < -0.39 is 0 Å². The van der Waals surface area contributed by atoms with Crippen LogP contribution in [-0.2, 0) is 0 Å². The number of hydrogen-bond acceptors (Lipinski definition) is 6. The van der Waals surface area contributed by atoms with Gasteiger partial charge in [-0.3, -0.25) is 4.79 Å². The Morgan fingerprint density at radius 3 is 2.48 bits per heavy atom. The number of halogens is 1. The molecule has 140 valence electrons. The Bertz CT molecular complexity index is 1030. The van der Waals surface area contributed by atoms with Crippen molar-refractivity contribution in [1.29, 1.82) is 0 Å². The molecule has 0 atom stereocenters. The highest BCUT2D eigenvalue weighted by Crippen LogP contribution is 2.43. The first-order valence-corrected chi connectivity index (χ1v) is 9.35. The van der Waals surface area contributed by atoms with E-state index in [9.17, 15) is 4.79 Å². The molecule has 8 heteroatoms. The van der Waals surface area contributed by atoms with Gasteiger partial charge in [0.05, 0.1) is 19.2 Å². The minimum Gasteiger partial charge on any atom is -0.493 e. The van der Waals surface area contributed by atoms with Gasteiger partial charge in [-0.25, -0.2) is 0 Å². The molecule has 1 amide bonds. The number of methoxy groups -OCH3 is 2. The fourth-order valence-corrected chi connectivity index (χ4v) is 4.27. The molecule has 1 aliphatic rings. The average Bonchev–Trinajstić information content (AvgIpc) is 3.02. The van der Waals surface area contributed by atoms with E-state index in [4.69, 9.17) is 30.5 Å². The van der Waals surface area contributed by atoms with Crippen LogP contribution in [0.3, 0.4) is 0 Å². The van der Waals surface area contributed by atoms with Crippen LogP contribution in [0.5, 0.6) is 23.0 Å². The average molecular weight is 406 g/mol. The van der Waals surface area contributed by atoms with E-state index in [-0.39, 0.29) is 5.91 Å². The molecule has 0 fully saturated rings. The number of carbonyl (C=O) groups excluding carboxylic acids is 1. The molecular weight excluding hydrogens is 390 g/mol. The summed E-state index contributed by atoms with van der Waals surface area (Å²) in [5.74, 6) is 2.12. The maximum Gasteiger partial charge on any atom is 0.267 e. The molecule has 0 radical (unpaired) electrons. The second kappa shape index (κ2) is 7.17. The summed E-state index contributed by atoms with van der Waals surface area (Å²) in [5, 5.41) is 4.01. The van der Waals surface area contributed by atoms with Gasteiger partial charge in [0.1, 0.15) is 18.1 Å². The lowest BCUT2D eigenvalue weighted by Crippen LogP contribution is -2.14. The summed E-state index contributed by atoms with van der Waals surface area (Å²) in [6.07, 6.45) is 0. The van der Waals surface area contributed by atoms with E-state index in [0.717, 1.165) is 10.1 Å². The van der Waals surface area contributed by atoms with Gasteiger partial charge >= 0.3 is 0 Å². The lowest BCUT2D eigenvalue weighted by atomic mass is 10.2. The minimum atomic E-state index is -0.298. The van der Waals surface area contributed by atoms with Crippen LogP contribution in [0.15, 0.2) is 30.3 Å². The first-order chi connectivity index (χ1) is 13.1. The molecule has 0 saturated carbocycles. The van der Waals surface area contributed by atoms with E-state index in [1.165, 1.54) is 18.4 Å². The van der Waals surface area contributed by atoms with Gasteiger partial charge in [0.15, 0.2) is 23.0 Å². The van der Waals surface area contributed by atoms with Gasteiger partial charge in [0.25, 0.3) is 5.91 Å². The van der Waals surface area contributed by atoms with E-state index in [0.29, 0.717) is 51.8 Å². The highest BCUT2D eigenvalue weighted by atomic mass is 35.5. The predicted molar refractivity (Wildman–Crippen MR) is 105 cm³/mol. The van der Waals surface area contributed by atoms with Gasteiger partial charge in [-0.05, 0) is 18.2 Å². The first-order valence-electron chi connectivity index (χ1n) is 8.15. The molecule has 1 aliphatic heterocycles. The number of thiophene rings is 1. The smallest absolute Gasteiger partial charge is 0.267 e. The van der Waals surface area contributed by atoms with Crippen molar-refractivity contribution < 1.29 is 23.7 Å². The van der Waals surface area contributed by atoms with Crippen molar-refractivity contribution in [2.75, 3.05) is 32.8 Å². The summed E-state index contributed by atoms with van der Waals surface area (Å²) in [4.78, 5) is 13.2. The fourth-order valence-electron chi connectivity index (χ4n) is 2.85. The van der Waals surface area contributed by atoms with Gasteiger partial charge in [0.2, 0.25) is 0 Å². The van der Waals surface area contributed by atoms with Crippen molar-refractivity contribution in [1.82, 2.24) is 0 Å². The van der Waals surface area contributed by atoms with Crippen LogP contribution in [0.4, 0.5) is 5.69 Å². The number of amides is 1.